The highest BCUT2D eigenvalue weighted by atomic mass is 127. The van der Waals surface area contributed by atoms with Crippen molar-refractivity contribution in [3.8, 4) is 0 Å². The third-order valence-electron chi connectivity index (χ3n) is 4.26. The number of nitrogens with one attached hydrogen (secondary N) is 2. The molecule has 0 aliphatic heterocycles. The molecule has 2 amide bonds. The maximum Gasteiger partial charge on any atom is 0.316 e. The van der Waals surface area contributed by atoms with E-state index in [1.807, 2.05) is 32.9 Å². The fourth-order valence-electron chi connectivity index (χ4n) is 2.61. The first-order chi connectivity index (χ1) is 13.8. The lowest BCUT2D eigenvalue weighted by Crippen LogP contribution is -2.34. The predicted octanol–water partition coefficient (Wildman–Crippen LogP) is 2.00. The van der Waals surface area contributed by atoms with Gasteiger partial charge in [-0.05, 0) is 55.5 Å². The van der Waals surface area contributed by atoms with Crippen LogP contribution in [0.2, 0.25) is 0 Å². The van der Waals surface area contributed by atoms with Crippen molar-refractivity contribution < 1.29 is 14.1 Å². The van der Waals surface area contributed by atoms with Gasteiger partial charge in [0.15, 0.2) is 5.82 Å². The molecule has 29 heavy (non-hydrogen) atoms. The van der Waals surface area contributed by atoms with Gasteiger partial charge in [0.2, 0.25) is 0 Å². The van der Waals surface area contributed by atoms with Gasteiger partial charge >= 0.3 is 11.8 Å². The number of aryl methyl sites for hydroxylation is 2. The Bertz CT molecular complexity index is 1030. The smallest absolute Gasteiger partial charge is 0.316 e. The van der Waals surface area contributed by atoms with E-state index in [4.69, 9.17) is 4.52 Å². The van der Waals surface area contributed by atoms with E-state index in [0.29, 0.717) is 17.9 Å². The Kier molecular flexibility index (Phi) is 6.62. The summed E-state index contributed by atoms with van der Waals surface area (Å²) >= 11 is 2.23. The van der Waals surface area contributed by atoms with Crippen LogP contribution in [-0.4, -0.2) is 44.8 Å². The molecule has 0 radical (unpaired) electrons. The molecule has 0 aliphatic rings. The van der Waals surface area contributed by atoms with Gasteiger partial charge in [0, 0.05) is 24.3 Å². The summed E-state index contributed by atoms with van der Waals surface area (Å²) in [7, 11) is 0. The Hall–Kier alpha value is -2.76. The fraction of sp³-hybridized carbons (Fsp3) is 0.316. The van der Waals surface area contributed by atoms with Gasteiger partial charge in [0.1, 0.15) is 6.54 Å². The zero-order valence-electron chi connectivity index (χ0n) is 16.3. The van der Waals surface area contributed by atoms with Crippen LogP contribution in [-0.2, 0) is 6.54 Å². The third-order valence-corrected chi connectivity index (χ3v) is 5.82. The second-order valence-electron chi connectivity index (χ2n) is 6.54. The first kappa shape index (κ1) is 21.0. The Labute approximate surface area is 181 Å². The van der Waals surface area contributed by atoms with Crippen LogP contribution in [0.15, 0.2) is 28.8 Å². The van der Waals surface area contributed by atoms with E-state index in [9.17, 15) is 9.59 Å². The number of carbonyl (C=O) groups excluding carboxylic acids is 2. The molecule has 0 aliphatic carbocycles. The van der Waals surface area contributed by atoms with E-state index >= 15 is 0 Å². The van der Waals surface area contributed by atoms with Gasteiger partial charge in [-0.2, -0.15) is 10.1 Å². The molecule has 10 heteroatoms. The summed E-state index contributed by atoms with van der Waals surface area (Å²) < 4.78 is 7.88. The van der Waals surface area contributed by atoms with Gasteiger partial charge in [-0.25, -0.2) is 0 Å². The van der Waals surface area contributed by atoms with Crippen LogP contribution in [0.1, 0.15) is 43.8 Å². The summed E-state index contributed by atoms with van der Waals surface area (Å²) in [6.45, 7) is 6.68. The molecule has 3 aromatic rings. The maximum absolute atomic E-state index is 12.1. The van der Waals surface area contributed by atoms with Crippen LogP contribution in [0.3, 0.4) is 0 Å². The van der Waals surface area contributed by atoms with Crippen LogP contribution in [0.4, 0.5) is 0 Å². The Morgan fingerprint density at radius 3 is 2.34 bits per heavy atom. The van der Waals surface area contributed by atoms with Gasteiger partial charge in [0.25, 0.3) is 5.91 Å². The highest BCUT2D eigenvalue weighted by molar-refractivity contribution is 14.1. The van der Waals surface area contributed by atoms with Gasteiger partial charge < -0.3 is 15.2 Å². The minimum Gasteiger partial charge on any atom is -0.350 e. The second kappa shape index (κ2) is 9.16. The highest BCUT2D eigenvalue weighted by Gasteiger charge is 2.17. The topological polar surface area (TPSA) is 115 Å². The van der Waals surface area contributed by atoms with Crippen LogP contribution >= 0.6 is 22.6 Å². The Morgan fingerprint density at radius 1 is 1.07 bits per heavy atom. The minimum absolute atomic E-state index is 0.124. The largest absolute Gasteiger partial charge is 0.350 e. The predicted molar refractivity (Wildman–Crippen MR) is 114 cm³/mol. The number of benzene rings is 1. The molecule has 0 saturated carbocycles. The summed E-state index contributed by atoms with van der Waals surface area (Å²) in [6.07, 6.45) is 0. The number of hydrogen-bond donors (Lipinski definition) is 2. The molecule has 0 bridgehead atoms. The molecule has 9 nitrogen and oxygen atoms in total. The van der Waals surface area contributed by atoms with E-state index in [0.717, 1.165) is 20.5 Å². The first-order valence-electron chi connectivity index (χ1n) is 9.00. The summed E-state index contributed by atoms with van der Waals surface area (Å²) in [5, 5.41) is 13.6. The molecular formula is C19H21IN6O3. The molecule has 0 spiro atoms. The average molecular weight is 508 g/mol. The molecule has 2 aromatic heterocycles. The average Bonchev–Trinajstić information content (AvgIpc) is 3.26. The lowest BCUT2D eigenvalue weighted by molar-refractivity contribution is 0.0898. The molecular weight excluding hydrogens is 487 g/mol. The minimum atomic E-state index is -0.490. The molecule has 2 N–H and O–H groups in total. The number of nitrogens with zero attached hydrogens (tertiary/aromatic N) is 4. The highest BCUT2D eigenvalue weighted by Crippen LogP contribution is 2.16. The van der Waals surface area contributed by atoms with Gasteiger partial charge in [-0.1, -0.05) is 22.9 Å². The Morgan fingerprint density at radius 2 is 1.72 bits per heavy atom. The van der Waals surface area contributed by atoms with Crippen molar-refractivity contribution in [1.29, 1.82) is 0 Å². The Balaban J connectivity index is 1.47. The molecule has 1 aromatic carbocycles. The van der Waals surface area contributed by atoms with Crippen LogP contribution in [0.25, 0.3) is 0 Å². The van der Waals surface area contributed by atoms with Crippen molar-refractivity contribution in [1.82, 2.24) is 30.6 Å². The lowest BCUT2D eigenvalue weighted by atomic mass is 10.1. The van der Waals surface area contributed by atoms with Crippen molar-refractivity contribution in [2.45, 2.75) is 27.3 Å². The van der Waals surface area contributed by atoms with Gasteiger partial charge in [-0.15, -0.1) is 0 Å². The second-order valence-corrected chi connectivity index (χ2v) is 7.61. The summed E-state index contributed by atoms with van der Waals surface area (Å²) in [5.74, 6) is -0.443. The molecule has 2 heterocycles. The number of amides is 2. The van der Waals surface area contributed by atoms with E-state index in [2.05, 4.69) is 48.5 Å². The monoisotopic (exact) mass is 508 g/mol. The van der Waals surface area contributed by atoms with Crippen LogP contribution in [0, 0.1) is 24.3 Å². The third kappa shape index (κ3) is 5.19. The van der Waals surface area contributed by atoms with E-state index in [1.165, 1.54) is 0 Å². The van der Waals surface area contributed by atoms with E-state index in [1.54, 1.807) is 16.8 Å². The SMILES string of the molecule is Cc1ccc(C(=O)NCCNC(=O)c2nc(Cn3nc(C)c(I)c3C)no2)cc1. The van der Waals surface area contributed by atoms with Crippen molar-refractivity contribution in [2.24, 2.45) is 0 Å². The number of rotatable bonds is 7. The maximum atomic E-state index is 12.1. The van der Waals surface area contributed by atoms with Crippen molar-refractivity contribution in [2.75, 3.05) is 13.1 Å². The molecule has 0 atom stereocenters. The molecule has 0 saturated heterocycles. The molecule has 0 unspecified atom stereocenters. The molecule has 152 valence electrons. The quantitative estimate of drug-likeness (QED) is 0.373. The van der Waals surface area contributed by atoms with Crippen LogP contribution < -0.4 is 10.6 Å². The van der Waals surface area contributed by atoms with Crippen molar-refractivity contribution in [3.05, 3.63) is 62.1 Å². The fourth-order valence-corrected chi connectivity index (χ4v) is 2.99. The molecule has 0 fully saturated rings. The number of hydrogen-bond acceptors (Lipinski definition) is 6. The van der Waals surface area contributed by atoms with Crippen LogP contribution in [0.5, 0.6) is 0 Å². The van der Waals surface area contributed by atoms with E-state index in [-0.39, 0.29) is 24.9 Å². The zero-order valence-corrected chi connectivity index (χ0v) is 18.5. The standard InChI is InChI=1S/C19H21IN6O3/c1-11-4-6-14(7-5-11)17(27)21-8-9-22-18(28)19-23-15(25-29-19)10-26-13(3)16(20)12(2)24-26/h4-7H,8-10H2,1-3H3,(H,21,27)(H,22,28). The first-order valence-corrected chi connectivity index (χ1v) is 10.1. The number of aromatic nitrogens is 4. The van der Waals surface area contributed by atoms with E-state index < -0.39 is 5.91 Å². The summed E-state index contributed by atoms with van der Waals surface area (Å²) in [4.78, 5) is 28.3. The van der Waals surface area contributed by atoms with Gasteiger partial charge in [-0.3, -0.25) is 14.3 Å². The van der Waals surface area contributed by atoms with Crippen molar-refractivity contribution in [3.63, 3.8) is 0 Å². The number of halogens is 1. The number of carbonyl (C=O) groups is 2. The summed E-state index contributed by atoms with van der Waals surface area (Å²) in [5.41, 5.74) is 3.59. The molecule has 3 rings (SSSR count). The zero-order chi connectivity index (χ0) is 21.0. The summed E-state index contributed by atoms with van der Waals surface area (Å²) in [6, 6.07) is 7.26. The van der Waals surface area contributed by atoms with Gasteiger partial charge in [0.05, 0.1) is 9.26 Å². The normalized spacial score (nSPS) is 10.8. The lowest BCUT2D eigenvalue weighted by Gasteiger charge is -2.06. The van der Waals surface area contributed by atoms with Crippen molar-refractivity contribution >= 4 is 34.4 Å².